The van der Waals surface area contributed by atoms with E-state index in [1.807, 2.05) is 0 Å². The van der Waals surface area contributed by atoms with Gasteiger partial charge in [0.1, 0.15) is 0 Å². The van der Waals surface area contributed by atoms with E-state index in [2.05, 4.69) is 4.98 Å². The molecular weight excluding hydrogens is 313 g/mol. The van der Waals surface area contributed by atoms with E-state index >= 15 is 0 Å². The second-order valence-electron chi connectivity index (χ2n) is 4.42. The fourth-order valence-corrected chi connectivity index (χ4v) is 2.52. The van der Waals surface area contributed by atoms with E-state index in [0.717, 1.165) is 0 Å². The number of nitrogens with zero attached hydrogens (tertiary/aromatic N) is 1. The Bertz CT molecular complexity index is 614. The zero-order chi connectivity index (χ0) is 15.4. The monoisotopic (exact) mass is 327 g/mol. The Morgan fingerprint density at radius 3 is 2.29 bits per heavy atom. The molecule has 0 saturated carbocycles. The zero-order valence-electron chi connectivity index (χ0n) is 11.6. The molecule has 2 aromatic rings. The van der Waals surface area contributed by atoms with Gasteiger partial charge in [-0.15, -0.1) is 0 Å². The van der Waals surface area contributed by atoms with Gasteiger partial charge in [-0.1, -0.05) is 29.3 Å². The van der Waals surface area contributed by atoms with Crippen molar-refractivity contribution in [2.45, 2.75) is 12.5 Å². The Morgan fingerprint density at radius 2 is 1.71 bits per heavy atom. The number of hydrogen-bond donors (Lipinski definition) is 1. The largest absolute Gasteiger partial charge is 0.493 e. The summed E-state index contributed by atoms with van der Waals surface area (Å²) in [7, 11) is 3.11. The third-order valence-electron chi connectivity index (χ3n) is 3.14. The van der Waals surface area contributed by atoms with Gasteiger partial charge in [0, 0.05) is 18.8 Å². The van der Waals surface area contributed by atoms with Gasteiger partial charge in [-0.2, -0.15) is 0 Å². The van der Waals surface area contributed by atoms with E-state index in [-0.39, 0.29) is 6.42 Å². The molecule has 21 heavy (non-hydrogen) atoms. The van der Waals surface area contributed by atoms with Gasteiger partial charge in [-0.3, -0.25) is 4.98 Å². The fourth-order valence-electron chi connectivity index (χ4n) is 2.00. The summed E-state index contributed by atoms with van der Waals surface area (Å²) in [5.74, 6) is 1.16. The first-order chi connectivity index (χ1) is 10.1. The molecule has 0 bridgehead atoms. The van der Waals surface area contributed by atoms with E-state index in [0.29, 0.717) is 32.7 Å². The first-order valence-electron chi connectivity index (χ1n) is 6.24. The number of aliphatic hydroxyl groups excluding tert-OH is 1. The minimum absolute atomic E-state index is 0.287. The lowest BCUT2D eigenvalue weighted by atomic mass is 10.0. The quantitative estimate of drug-likeness (QED) is 0.910. The molecule has 1 atom stereocenters. The number of hydrogen-bond acceptors (Lipinski definition) is 4. The summed E-state index contributed by atoms with van der Waals surface area (Å²) in [6, 6.07) is 5.24. The van der Waals surface area contributed by atoms with Gasteiger partial charge in [0.25, 0.3) is 0 Å². The molecule has 112 valence electrons. The summed E-state index contributed by atoms with van der Waals surface area (Å²) < 4.78 is 10.4. The standard InChI is InChI=1S/C15H15Cl2NO3/c1-20-14-4-3-9(5-15(14)21-2)13(19)6-10-11(16)7-18-8-12(10)17/h3-5,7-8,13,19H,6H2,1-2H3/t13-/m0/s1. The number of ether oxygens (including phenoxy) is 2. The summed E-state index contributed by atoms with van der Waals surface area (Å²) in [6.45, 7) is 0. The summed E-state index contributed by atoms with van der Waals surface area (Å²) >= 11 is 12.1. The molecule has 1 heterocycles. The van der Waals surface area contributed by atoms with E-state index < -0.39 is 6.10 Å². The van der Waals surface area contributed by atoms with E-state index in [4.69, 9.17) is 32.7 Å². The normalized spacial score (nSPS) is 12.0. The molecule has 0 aliphatic carbocycles. The van der Waals surface area contributed by atoms with E-state index in [9.17, 15) is 5.11 Å². The van der Waals surface area contributed by atoms with Crippen LogP contribution in [0.25, 0.3) is 0 Å². The highest BCUT2D eigenvalue weighted by Gasteiger charge is 2.16. The predicted octanol–water partition coefficient (Wildman–Crippen LogP) is 3.68. The minimum atomic E-state index is -0.762. The topological polar surface area (TPSA) is 51.6 Å². The Morgan fingerprint density at radius 1 is 1.10 bits per heavy atom. The zero-order valence-corrected chi connectivity index (χ0v) is 13.1. The third-order valence-corrected chi connectivity index (χ3v) is 3.79. The van der Waals surface area contributed by atoms with Gasteiger partial charge in [0.15, 0.2) is 11.5 Å². The van der Waals surface area contributed by atoms with Crippen LogP contribution in [0.4, 0.5) is 0 Å². The van der Waals surface area contributed by atoms with Crippen LogP contribution in [-0.2, 0) is 6.42 Å². The highest BCUT2D eigenvalue weighted by Crippen LogP contribution is 2.33. The van der Waals surface area contributed by atoms with Crippen molar-refractivity contribution in [1.29, 1.82) is 0 Å². The molecule has 0 aliphatic rings. The maximum absolute atomic E-state index is 10.4. The lowest BCUT2D eigenvalue weighted by molar-refractivity contribution is 0.178. The summed E-state index contributed by atoms with van der Waals surface area (Å²) in [4.78, 5) is 3.89. The molecule has 0 aliphatic heterocycles. The highest BCUT2D eigenvalue weighted by molar-refractivity contribution is 6.35. The molecule has 6 heteroatoms. The van der Waals surface area contributed by atoms with Crippen molar-refractivity contribution < 1.29 is 14.6 Å². The molecule has 1 aromatic carbocycles. The molecule has 0 radical (unpaired) electrons. The second-order valence-corrected chi connectivity index (χ2v) is 5.23. The molecule has 1 N–H and O–H groups in total. The molecule has 0 fully saturated rings. The van der Waals surface area contributed by atoms with Gasteiger partial charge >= 0.3 is 0 Å². The second kappa shape index (κ2) is 6.98. The van der Waals surface area contributed by atoms with Crippen molar-refractivity contribution in [3.63, 3.8) is 0 Å². The molecule has 0 spiro atoms. The Kier molecular flexibility index (Phi) is 5.28. The smallest absolute Gasteiger partial charge is 0.161 e. The van der Waals surface area contributed by atoms with E-state index in [1.165, 1.54) is 12.4 Å². The summed E-state index contributed by atoms with van der Waals surface area (Å²) in [5.41, 5.74) is 1.35. The number of aliphatic hydroxyl groups is 1. The third kappa shape index (κ3) is 3.59. The molecule has 1 aromatic heterocycles. The van der Waals surface area contributed by atoms with Crippen molar-refractivity contribution in [2.24, 2.45) is 0 Å². The maximum Gasteiger partial charge on any atom is 0.161 e. The number of methoxy groups -OCH3 is 2. The van der Waals surface area contributed by atoms with Crippen LogP contribution in [0.1, 0.15) is 17.2 Å². The molecule has 2 rings (SSSR count). The average Bonchev–Trinajstić information content (AvgIpc) is 2.50. The van der Waals surface area contributed by atoms with E-state index in [1.54, 1.807) is 32.4 Å². The maximum atomic E-state index is 10.4. The minimum Gasteiger partial charge on any atom is -0.493 e. The molecular formula is C15H15Cl2NO3. The van der Waals surface area contributed by atoms with Gasteiger partial charge in [-0.05, 0) is 23.3 Å². The number of pyridine rings is 1. The molecule has 0 unspecified atom stereocenters. The van der Waals surface area contributed by atoms with Crippen LogP contribution in [0, 0.1) is 0 Å². The number of benzene rings is 1. The Balaban J connectivity index is 2.26. The summed E-state index contributed by atoms with van der Waals surface area (Å²) in [5, 5.41) is 11.2. The average molecular weight is 328 g/mol. The first-order valence-corrected chi connectivity index (χ1v) is 7.00. The highest BCUT2D eigenvalue weighted by atomic mass is 35.5. The molecule has 0 amide bonds. The van der Waals surface area contributed by atoms with Crippen LogP contribution in [-0.4, -0.2) is 24.3 Å². The van der Waals surface area contributed by atoms with Gasteiger partial charge in [0.2, 0.25) is 0 Å². The van der Waals surface area contributed by atoms with Gasteiger partial charge < -0.3 is 14.6 Å². The Hall–Kier alpha value is -1.49. The predicted molar refractivity (Wildman–Crippen MR) is 82.5 cm³/mol. The van der Waals surface area contributed by atoms with Crippen LogP contribution in [0.2, 0.25) is 10.0 Å². The van der Waals surface area contributed by atoms with Crippen molar-refractivity contribution in [2.75, 3.05) is 14.2 Å². The van der Waals surface area contributed by atoms with Crippen molar-refractivity contribution >= 4 is 23.2 Å². The van der Waals surface area contributed by atoms with Crippen molar-refractivity contribution in [3.05, 3.63) is 51.8 Å². The van der Waals surface area contributed by atoms with Gasteiger partial charge in [-0.25, -0.2) is 0 Å². The summed E-state index contributed by atoms with van der Waals surface area (Å²) in [6.07, 6.45) is 2.53. The lowest BCUT2D eigenvalue weighted by Gasteiger charge is -2.15. The number of halogens is 2. The number of aromatic nitrogens is 1. The van der Waals surface area contributed by atoms with Crippen molar-refractivity contribution in [1.82, 2.24) is 4.98 Å². The van der Waals surface area contributed by atoms with Gasteiger partial charge in [0.05, 0.1) is 30.4 Å². The van der Waals surface area contributed by atoms with Crippen LogP contribution in [0.5, 0.6) is 11.5 Å². The van der Waals surface area contributed by atoms with Crippen LogP contribution < -0.4 is 9.47 Å². The molecule has 4 nitrogen and oxygen atoms in total. The SMILES string of the molecule is COc1ccc([C@@H](O)Cc2c(Cl)cncc2Cl)cc1OC. The first kappa shape index (κ1) is 15.9. The Labute approximate surface area is 133 Å². The van der Waals surface area contributed by atoms with Crippen LogP contribution in [0.15, 0.2) is 30.6 Å². The molecule has 0 saturated heterocycles. The lowest BCUT2D eigenvalue weighted by Crippen LogP contribution is -2.04. The van der Waals surface area contributed by atoms with Crippen molar-refractivity contribution in [3.8, 4) is 11.5 Å². The fraction of sp³-hybridized carbons (Fsp3) is 0.267. The number of rotatable bonds is 5. The van der Waals surface area contributed by atoms with Crippen LogP contribution >= 0.6 is 23.2 Å². The van der Waals surface area contributed by atoms with Crippen LogP contribution in [0.3, 0.4) is 0 Å².